The highest BCUT2D eigenvalue weighted by molar-refractivity contribution is 7.25. The van der Waals surface area contributed by atoms with E-state index < -0.39 is 0 Å². The number of benzene rings is 6. The van der Waals surface area contributed by atoms with E-state index in [4.69, 9.17) is 0 Å². The van der Waals surface area contributed by atoms with Gasteiger partial charge in [0, 0.05) is 55.7 Å². The fourth-order valence-corrected chi connectivity index (χ4v) is 6.50. The van der Waals surface area contributed by atoms with Crippen LogP contribution in [0.25, 0.3) is 31.3 Å². The van der Waals surface area contributed by atoms with Crippen molar-refractivity contribution in [1.29, 1.82) is 0 Å². The van der Waals surface area contributed by atoms with Crippen LogP contribution in [0.2, 0.25) is 0 Å². The lowest BCUT2D eigenvalue weighted by atomic mass is 10.0. The average Bonchev–Trinajstić information content (AvgIpc) is 3.40. The quantitative estimate of drug-likeness (QED) is 0.210. The van der Waals surface area contributed by atoms with Crippen molar-refractivity contribution in [3.8, 4) is 11.1 Å². The van der Waals surface area contributed by atoms with Gasteiger partial charge in [0.05, 0.1) is 0 Å². The van der Waals surface area contributed by atoms with Crippen LogP contribution in [0, 0.1) is 0 Å². The normalized spacial score (nSPS) is 11.1. The molecule has 192 valence electrons. The molecule has 1 aromatic heterocycles. The van der Waals surface area contributed by atoms with Crippen molar-refractivity contribution in [3.63, 3.8) is 0 Å². The molecule has 0 radical (unpaired) electrons. The Balaban J connectivity index is 1.31. The second kappa shape index (κ2) is 10.4. The molecule has 7 rings (SSSR count). The fraction of sp³-hybridized carbons (Fsp3) is 0.0270. The maximum Gasteiger partial charge on any atom is 0.0476 e. The maximum atomic E-state index is 2.35. The number of rotatable bonds is 6. The molecule has 0 aliphatic rings. The maximum absolute atomic E-state index is 2.35. The molecule has 3 heteroatoms. The van der Waals surface area contributed by atoms with Crippen LogP contribution >= 0.6 is 11.3 Å². The van der Waals surface area contributed by atoms with Crippen LogP contribution < -0.4 is 9.80 Å². The van der Waals surface area contributed by atoms with Crippen LogP contribution in [0.4, 0.5) is 28.4 Å². The van der Waals surface area contributed by atoms with Crippen LogP contribution in [0.5, 0.6) is 0 Å². The summed E-state index contributed by atoms with van der Waals surface area (Å²) in [6.45, 7) is 0. The Hall–Kier alpha value is -4.86. The van der Waals surface area contributed by atoms with Crippen LogP contribution in [0.15, 0.2) is 152 Å². The second-order valence-corrected chi connectivity index (χ2v) is 11.0. The lowest BCUT2D eigenvalue weighted by Gasteiger charge is -2.27. The summed E-state index contributed by atoms with van der Waals surface area (Å²) in [6, 6.07) is 54.2. The number of hydrogen-bond donors (Lipinski definition) is 0. The highest BCUT2D eigenvalue weighted by Crippen LogP contribution is 2.41. The second-order valence-electron chi connectivity index (χ2n) is 9.94. The molecule has 0 atom stereocenters. The zero-order chi connectivity index (χ0) is 26.9. The number of fused-ring (bicyclic) bond motifs is 3. The smallest absolute Gasteiger partial charge is 0.0476 e. The Kier molecular flexibility index (Phi) is 6.27. The van der Waals surface area contributed by atoms with E-state index in [-0.39, 0.29) is 0 Å². The first kappa shape index (κ1) is 24.2. The number of nitrogens with zero attached hydrogens (tertiary/aromatic N) is 2. The SMILES string of the molecule is CN(c1ccccc1)c1ccc(N(c2ccc(-c3ccccc3)cc2)c2ccc3c(c2)sc2ccccc23)cc1. The first-order valence-electron chi connectivity index (χ1n) is 13.5. The van der Waals surface area contributed by atoms with Gasteiger partial charge in [-0.1, -0.05) is 84.9 Å². The van der Waals surface area contributed by atoms with Crippen molar-refractivity contribution < 1.29 is 0 Å². The molecule has 2 nitrogen and oxygen atoms in total. The Labute approximate surface area is 239 Å². The van der Waals surface area contributed by atoms with Gasteiger partial charge in [-0.05, 0) is 77.9 Å². The van der Waals surface area contributed by atoms with Crippen LogP contribution in [-0.4, -0.2) is 7.05 Å². The van der Waals surface area contributed by atoms with Gasteiger partial charge >= 0.3 is 0 Å². The molecular weight excluding hydrogens is 504 g/mol. The van der Waals surface area contributed by atoms with Gasteiger partial charge in [0.1, 0.15) is 0 Å². The Morgan fingerprint density at radius 3 is 1.62 bits per heavy atom. The lowest BCUT2D eigenvalue weighted by molar-refractivity contribution is 1.20. The largest absolute Gasteiger partial charge is 0.345 e. The monoisotopic (exact) mass is 532 g/mol. The van der Waals surface area contributed by atoms with E-state index in [0.717, 1.165) is 22.7 Å². The minimum Gasteiger partial charge on any atom is -0.345 e. The van der Waals surface area contributed by atoms with Gasteiger partial charge < -0.3 is 9.80 Å². The third-order valence-corrected chi connectivity index (χ3v) is 8.63. The third kappa shape index (κ3) is 4.51. The summed E-state index contributed by atoms with van der Waals surface area (Å²) in [5.74, 6) is 0. The van der Waals surface area contributed by atoms with E-state index in [9.17, 15) is 0 Å². The molecule has 6 aromatic carbocycles. The molecule has 0 bridgehead atoms. The van der Waals surface area contributed by atoms with Gasteiger partial charge in [-0.25, -0.2) is 0 Å². The standard InChI is InChI=1S/C37H28N2S/c1-38(29-12-6-3-7-13-29)30-20-22-32(23-21-30)39(31-18-16-28(17-19-31)27-10-4-2-5-11-27)33-24-25-35-34-14-8-9-15-36(34)40-37(35)26-33/h2-26H,1H3. The number of anilines is 5. The minimum absolute atomic E-state index is 1.12. The molecule has 0 saturated carbocycles. The molecule has 0 spiro atoms. The lowest BCUT2D eigenvalue weighted by Crippen LogP contribution is -2.11. The highest BCUT2D eigenvalue weighted by Gasteiger charge is 2.16. The summed E-state index contributed by atoms with van der Waals surface area (Å²) in [4.78, 5) is 4.57. The number of para-hydroxylation sites is 1. The first-order chi connectivity index (χ1) is 19.7. The summed E-state index contributed by atoms with van der Waals surface area (Å²) in [5, 5.41) is 2.63. The third-order valence-electron chi connectivity index (χ3n) is 7.49. The summed E-state index contributed by atoms with van der Waals surface area (Å²) in [6.07, 6.45) is 0. The topological polar surface area (TPSA) is 6.48 Å². The predicted octanol–water partition coefficient (Wildman–Crippen LogP) is 11.0. The van der Waals surface area contributed by atoms with Crippen molar-refractivity contribution in [2.45, 2.75) is 0 Å². The van der Waals surface area contributed by atoms with E-state index in [1.165, 1.54) is 37.0 Å². The van der Waals surface area contributed by atoms with Crippen molar-refractivity contribution >= 4 is 59.9 Å². The minimum atomic E-state index is 1.12. The zero-order valence-electron chi connectivity index (χ0n) is 22.2. The summed E-state index contributed by atoms with van der Waals surface area (Å²) >= 11 is 1.85. The molecule has 0 N–H and O–H groups in total. The van der Waals surface area contributed by atoms with Gasteiger partial charge in [-0.2, -0.15) is 0 Å². The molecule has 0 aliphatic heterocycles. The van der Waals surface area contributed by atoms with Crippen molar-refractivity contribution in [1.82, 2.24) is 0 Å². The zero-order valence-corrected chi connectivity index (χ0v) is 23.1. The van der Waals surface area contributed by atoms with Crippen LogP contribution in [-0.2, 0) is 0 Å². The number of thiophene rings is 1. The van der Waals surface area contributed by atoms with E-state index in [2.05, 4.69) is 169 Å². The fourth-order valence-electron chi connectivity index (χ4n) is 5.36. The molecule has 1 heterocycles. The molecule has 0 unspecified atom stereocenters. The molecule has 40 heavy (non-hydrogen) atoms. The predicted molar refractivity (Wildman–Crippen MR) is 174 cm³/mol. The van der Waals surface area contributed by atoms with Crippen molar-refractivity contribution in [3.05, 3.63) is 152 Å². The van der Waals surface area contributed by atoms with Crippen LogP contribution in [0.1, 0.15) is 0 Å². The summed E-state index contributed by atoms with van der Waals surface area (Å²) in [5.41, 5.74) is 8.15. The molecule has 0 amide bonds. The Morgan fingerprint density at radius 1 is 0.400 bits per heavy atom. The average molecular weight is 533 g/mol. The van der Waals surface area contributed by atoms with E-state index in [1.54, 1.807) is 0 Å². The van der Waals surface area contributed by atoms with E-state index >= 15 is 0 Å². The molecule has 0 aliphatic carbocycles. The summed E-state index contributed by atoms with van der Waals surface area (Å²) in [7, 11) is 2.11. The Bertz CT molecular complexity index is 1890. The van der Waals surface area contributed by atoms with Gasteiger partial charge in [0.15, 0.2) is 0 Å². The summed E-state index contributed by atoms with van der Waals surface area (Å²) < 4.78 is 2.62. The van der Waals surface area contributed by atoms with E-state index in [0.29, 0.717) is 0 Å². The van der Waals surface area contributed by atoms with Crippen molar-refractivity contribution in [2.24, 2.45) is 0 Å². The van der Waals surface area contributed by atoms with Gasteiger partial charge in [-0.15, -0.1) is 11.3 Å². The van der Waals surface area contributed by atoms with Crippen LogP contribution in [0.3, 0.4) is 0 Å². The van der Waals surface area contributed by atoms with Gasteiger partial charge in [-0.3, -0.25) is 0 Å². The molecule has 0 saturated heterocycles. The molecule has 0 fully saturated rings. The van der Waals surface area contributed by atoms with Gasteiger partial charge in [0.2, 0.25) is 0 Å². The molecular formula is C37H28N2S. The highest BCUT2D eigenvalue weighted by atomic mass is 32.1. The van der Waals surface area contributed by atoms with Crippen molar-refractivity contribution in [2.75, 3.05) is 16.8 Å². The first-order valence-corrected chi connectivity index (χ1v) is 14.3. The number of hydrogen-bond acceptors (Lipinski definition) is 3. The van der Waals surface area contributed by atoms with Gasteiger partial charge in [0.25, 0.3) is 0 Å². The molecule has 7 aromatic rings. The Morgan fingerprint density at radius 2 is 0.900 bits per heavy atom. The van der Waals surface area contributed by atoms with E-state index in [1.807, 2.05) is 11.3 Å².